The van der Waals surface area contributed by atoms with Crippen LogP contribution in [-0.4, -0.2) is 27.0 Å². The van der Waals surface area contributed by atoms with Crippen molar-refractivity contribution in [2.45, 2.75) is 6.42 Å². The Kier molecular flexibility index (Phi) is 3.36. The summed E-state index contributed by atoms with van der Waals surface area (Å²) in [7, 11) is 0. The van der Waals surface area contributed by atoms with Gasteiger partial charge in [0.2, 0.25) is 5.91 Å². The molecule has 8 heteroatoms. The van der Waals surface area contributed by atoms with Gasteiger partial charge in [0.25, 0.3) is 5.91 Å². The van der Waals surface area contributed by atoms with E-state index in [1.165, 1.54) is 11.3 Å². The second-order valence-electron chi connectivity index (χ2n) is 4.38. The van der Waals surface area contributed by atoms with Crippen LogP contribution < -0.4 is 11.1 Å². The van der Waals surface area contributed by atoms with Crippen molar-refractivity contribution in [1.29, 1.82) is 0 Å². The minimum atomic E-state index is -0.458. The van der Waals surface area contributed by atoms with Crippen LogP contribution in [-0.2, 0) is 11.2 Å². The first-order valence-corrected chi connectivity index (χ1v) is 6.97. The van der Waals surface area contributed by atoms with Gasteiger partial charge in [0.15, 0.2) is 5.13 Å². The molecule has 0 saturated carbocycles. The average Bonchev–Trinajstić information content (AvgIpc) is 3.06. The first-order valence-electron chi connectivity index (χ1n) is 6.09. The Morgan fingerprint density at radius 1 is 1.38 bits per heavy atom. The second kappa shape index (κ2) is 5.33. The van der Waals surface area contributed by atoms with Gasteiger partial charge in [-0.2, -0.15) is 5.10 Å². The lowest BCUT2D eigenvalue weighted by Crippen LogP contribution is -2.14. The molecule has 0 bridgehead atoms. The van der Waals surface area contributed by atoms with Crippen LogP contribution in [0.25, 0.3) is 10.9 Å². The van der Waals surface area contributed by atoms with E-state index in [4.69, 9.17) is 5.73 Å². The summed E-state index contributed by atoms with van der Waals surface area (Å²) in [6.07, 6.45) is 1.71. The molecular weight excluding hydrogens is 290 g/mol. The van der Waals surface area contributed by atoms with Gasteiger partial charge in [-0.1, -0.05) is 12.1 Å². The van der Waals surface area contributed by atoms with Crippen molar-refractivity contribution in [3.8, 4) is 0 Å². The van der Waals surface area contributed by atoms with Crippen LogP contribution >= 0.6 is 11.3 Å². The van der Waals surface area contributed by atoms with Crippen molar-refractivity contribution in [3.05, 3.63) is 41.0 Å². The molecule has 0 atom stereocenters. The number of thiazole rings is 1. The molecule has 21 heavy (non-hydrogen) atoms. The van der Waals surface area contributed by atoms with E-state index in [9.17, 15) is 9.59 Å². The van der Waals surface area contributed by atoms with E-state index in [0.29, 0.717) is 21.9 Å². The van der Waals surface area contributed by atoms with E-state index < -0.39 is 5.91 Å². The molecule has 0 aliphatic carbocycles. The van der Waals surface area contributed by atoms with Crippen LogP contribution in [0.3, 0.4) is 0 Å². The zero-order valence-corrected chi connectivity index (χ0v) is 11.6. The Morgan fingerprint density at radius 3 is 3.05 bits per heavy atom. The molecule has 3 rings (SSSR count). The molecule has 1 aromatic carbocycles. The van der Waals surface area contributed by atoms with Gasteiger partial charge in [0, 0.05) is 10.8 Å². The number of amides is 2. The number of anilines is 1. The smallest absolute Gasteiger partial charge is 0.259 e. The van der Waals surface area contributed by atoms with Crippen molar-refractivity contribution < 1.29 is 9.59 Å². The number of carbonyl (C=O) groups excluding carboxylic acids is 2. The molecule has 0 saturated heterocycles. The van der Waals surface area contributed by atoms with Crippen molar-refractivity contribution in [1.82, 2.24) is 15.2 Å². The Hall–Kier alpha value is -2.74. The minimum Gasteiger partial charge on any atom is -0.369 e. The van der Waals surface area contributed by atoms with E-state index in [-0.39, 0.29) is 12.3 Å². The van der Waals surface area contributed by atoms with Crippen molar-refractivity contribution >= 4 is 39.2 Å². The Bertz CT molecular complexity index is 823. The summed E-state index contributed by atoms with van der Waals surface area (Å²) < 4.78 is 0. The molecule has 0 radical (unpaired) electrons. The molecule has 7 nitrogen and oxygen atoms in total. The first kappa shape index (κ1) is 13.3. The predicted octanol–water partition coefficient (Wildman–Crippen LogP) is 1.30. The Labute approximate surface area is 123 Å². The molecule has 4 N–H and O–H groups in total. The van der Waals surface area contributed by atoms with Crippen LogP contribution in [0.5, 0.6) is 0 Å². The fourth-order valence-corrected chi connectivity index (χ4v) is 2.65. The molecule has 2 heterocycles. The van der Waals surface area contributed by atoms with Crippen LogP contribution in [0, 0.1) is 0 Å². The number of aromatic nitrogens is 3. The summed E-state index contributed by atoms with van der Waals surface area (Å²) in [6.45, 7) is 0. The topological polar surface area (TPSA) is 114 Å². The summed E-state index contributed by atoms with van der Waals surface area (Å²) in [4.78, 5) is 27.2. The maximum absolute atomic E-state index is 12.3. The minimum absolute atomic E-state index is 0.0580. The predicted molar refractivity (Wildman–Crippen MR) is 79.1 cm³/mol. The first-order chi connectivity index (χ1) is 10.1. The monoisotopic (exact) mass is 301 g/mol. The molecule has 0 fully saturated rings. The van der Waals surface area contributed by atoms with E-state index in [0.717, 1.165) is 5.39 Å². The summed E-state index contributed by atoms with van der Waals surface area (Å²) in [5.74, 6) is -0.745. The third kappa shape index (κ3) is 2.75. The molecule has 0 unspecified atom stereocenters. The number of nitrogens with two attached hydrogens (primary N) is 1. The fourth-order valence-electron chi connectivity index (χ4n) is 1.95. The van der Waals surface area contributed by atoms with Gasteiger partial charge in [-0.15, -0.1) is 11.3 Å². The fraction of sp³-hybridized carbons (Fsp3) is 0.0769. The number of hydrogen-bond donors (Lipinski definition) is 3. The molecular formula is C13H11N5O2S. The zero-order chi connectivity index (χ0) is 14.8. The number of rotatable bonds is 4. The summed E-state index contributed by atoms with van der Waals surface area (Å²) in [5.41, 5.74) is 6.80. The molecule has 106 valence electrons. The molecule has 2 amide bonds. The number of carbonyl (C=O) groups is 2. The highest BCUT2D eigenvalue weighted by molar-refractivity contribution is 7.14. The van der Waals surface area contributed by atoms with Gasteiger partial charge < -0.3 is 5.73 Å². The SMILES string of the molecule is NC(=O)Cc1csc(NC(=O)c2cccc3cn[nH]c23)n1. The van der Waals surface area contributed by atoms with E-state index in [1.807, 2.05) is 6.07 Å². The van der Waals surface area contributed by atoms with Crippen LogP contribution in [0.1, 0.15) is 16.1 Å². The number of H-pyrrole nitrogens is 1. The van der Waals surface area contributed by atoms with Gasteiger partial charge in [0.05, 0.1) is 29.4 Å². The highest BCUT2D eigenvalue weighted by Gasteiger charge is 2.13. The van der Waals surface area contributed by atoms with Gasteiger partial charge in [-0.25, -0.2) is 4.98 Å². The number of aromatic amines is 1. The van der Waals surface area contributed by atoms with Crippen LogP contribution in [0.15, 0.2) is 29.8 Å². The van der Waals surface area contributed by atoms with E-state index in [1.54, 1.807) is 23.7 Å². The molecule has 0 aliphatic rings. The van der Waals surface area contributed by atoms with E-state index in [2.05, 4.69) is 20.5 Å². The molecule has 0 spiro atoms. The Balaban J connectivity index is 1.81. The van der Waals surface area contributed by atoms with Crippen LogP contribution in [0.4, 0.5) is 5.13 Å². The number of hydrogen-bond acceptors (Lipinski definition) is 5. The third-order valence-corrected chi connectivity index (χ3v) is 3.66. The second-order valence-corrected chi connectivity index (χ2v) is 5.24. The number of primary amides is 1. The standard InChI is InChI=1S/C13H11N5O2S/c14-10(19)4-8-6-21-13(16-8)17-12(20)9-3-1-2-7-5-15-18-11(7)9/h1-3,5-6H,4H2,(H2,14,19)(H,15,18)(H,16,17,20). The number of nitrogens with zero attached hydrogens (tertiary/aromatic N) is 2. The van der Waals surface area contributed by atoms with Gasteiger partial charge in [-0.05, 0) is 6.07 Å². The lowest BCUT2D eigenvalue weighted by Gasteiger charge is -2.02. The number of para-hydroxylation sites is 1. The van der Waals surface area contributed by atoms with Gasteiger partial charge in [0.1, 0.15) is 0 Å². The number of benzene rings is 1. The lowest BCUT2D eigenvalue weighted by atomic mass is 10.1. The van der Waals surface area contributed by atoms with Gasteiger partial charge >= 0.3 is 0 Å². The van der Waals surface area contributed by atoms with Crippen molar-refractivity contribution in [3.63, 3.8) is 0 Å². The highest BCUT2D eigenvalue weighted by atomic mass is 32.1. The molecule has 2 aromatic heterocycles. The van der Waals surface area contributed by atoms with Gasteiger partial charge in [-0.3, -0.25) is 20.0 Å². The summed E-state index contributed by atoms with van der Waals surface area (Å²) >= 11 is 1.25. The van der Waals surface area contributed by atoms with Crippen molar-refractivity contribution in [2.75, 3.05) is 5.32 Å². The quantitative estimate of drug-likeness (QED) is 0.673. The van der Waals surface area contributed by atoms with Crippen molar-refractivity contribution in [2.24, 2.45) is 5.73 Å². The third-order valence-electron chi connectivity index (χ3n) is 2.85. The molecule has 0 aliphatic heterocycles. The molecule has 3 aromatic rings. The van der Waals surface area contributed by atoms with E-state index >= 15 is 0 Å². The Morgan fingerprint density at radius 2 is 2.24 bits per heavy atom. The number of nitrogens with one attached hydrogen (secondary N) is 2. The zero-order valence-electron chi connectivity index (χ0n) is 10.8. The summed E-state index contributed by atoms with van der Waals surface area (Å²) in [5, 5.41) is 12.4. The highest BCUT2D eigenvalue weighted by Crippen LogP contribution is 2.20. The maximum Gasteiger partial charge on any atom is 0.259 e. The normalized spacial score (nSPS) is 10.7. The number of fused-ring (bicyclic) bond motifs is 1. The van der Waals surface area contributed by atoms with Crippen LogP contribution in [0.2, 0.25) is 0 Å². The summed E-state index contributed by atoms with van der Waals surface area (Å²) in [6, 6.07) is 5.35. The maximum atomic E-state index is 12.3. The largest absolute Gasteiger partial charge is 0.369 e. The average molecular weight is 301 g/mol. The lowest BCUT2D eigenvalue weighted by molar-refractivity contribution is -0.117.